The Labute approximate surface area is 210 Å². The largest absolute Gasteiger partial charge is 0.480 e. The zero-order valence-corrected chi connectivity index (χ0v) is 21.9. The molecule has 1 unspecified atom stereocenters. The highest BCUT2D eigenvalue weighted by atomic mass is 16.4. The van der Waals surface area contributed by atoms with Gasteiger partial charge in [0.25, 0.3) is 0 Å². The molecule has 5 N–H and O–H groups in total. The number of carbonyl (C=O) groups is 2. The van der Waals surface area contributed by atoms with E-state index in [4.69, 9.17) is 0 Å². The summed E-state index contributed by atoms with van der Waals surface area (Å²) in [6.07, 6.45) is 7.47. The number of hydrogen-bond donors (Lipinski definition) is 5. The number of aliphatic hydroxyl groups excluding tert-OH is 3. The number of aliphatic carboxylic acids is 1. The minimum Gasteiger partial charge on any atom is -0.480 e. The van der Waals surface area contributed by atoms with Crippen LogP contribution in [0.25, 0.3) is 0 Å². The van der Waals surface area contributed by atoms with Crippen molar-refractivity contribution in [2.75, 3.05) is 0 Å². The first kappa shape index (κ1) is 26.9. The molecule has 4 saturated carbocycles. The van der Waals surface area contributed by atoms with Gasteiger partial charge in [0.1, 0.15) is 0 Å². The second-order valence-corrected chi connectivity index (χ2v) is 13.0. The van der Waals surface area contributed by atoms with Gasteiger partial charge in [-0.05, 0) is 111 Å². The lowest BCUT2D eigenvalue weighted by atomic mass is 9.43. The lowest BCUT2D eigenvalue weighted by Gasteiger charge is -2.62. The summed E-state index contributed by atoms with van der Waals surface area (Å²) in [5.74, 6) is 1.21. The van der Waals surface area contributed by atoms with Crippen LogP contribution < -0.4 is 5.32 Å². The molecule has 35 heavy (non-hydrogen) atoms. The Morgan fingerprint density at radius 2 is 1.71 bits per heavy atom. The van der Waals surface area contributed by atoms with Crippen LogP contribution in [0, 0.1) is 46.3 Å². The van der Waals surface area contributed by atoms with Crippen molar-refractivity contribution in [2.24, 2.45) is 46.3 Å². The third-order valence-electron chi connectivity index (χ3n) is 11.4. The lowest BCUT2D eigenvalue weighted by molar-refractivity contribution is -0.175. The van der Waals surface area contributed by atoms with Gasteiger partial charge in [-0.15, -0.1) is 0 Å². The SMILES string of the molecule is CC(O)[C@H](NC(=O)CC[C@@H](C)[C@H]1CC[C@H]2[C@@H]3CC[C@@H]4C[C@H](O)CC[C@]4(C)[C@H]3C[C@H](O)[C@]12C)C(=O)O. The van der Waals surface area contributed by atoms with Crippen LogP contribution in [0.3, 0.4) is 0 Å². The highest BCUT2D eigenvalue weighted by molar-refractivity contribution is 5.83. The van der Waals surface area contributed by atoms with E-state index in [0.29, 0.717) is 36.0 Å². The van der Waals surface area contributed by atoms with Gasteiger partial charge in [-0.1, -0.05) is 20.8 Å². The quantitative estimate of drug-likeness (QED) is 0.370. The first-order chi connectivity index (χ1) is 16.4. The van der Waals surface area contributed by atoms with Crippen LogP contribution in [0.4, 0.5) is 0 Å². The van der Waals surface area contributed by atoms with Crippen molar-refractivity contribution in [3.05, 3.63) is 0 Å². The van der Waals surface area contributed by atoms with Gasteiger partial charge in [0.15, 0.2) is 6.04 Å². The molecule has 4 aliphatic rings. The summed E-state index contributed by atoms with van der Waals surface area (Å²) in [5, 5.41) is 43.2. The Hall–Kier alpha value is -1.18. The van der Waals surface area contributed by atoms with Crippen molar-refractivity contribution in [3.63, 3.8) is 0 Å². The molecule has 0 bridgehead atoms. The normalized spacial score (nSPS) is 45.4. The molecule has 12 atom stereocenters. The predicted molar refractivity (Wildman–Crippen MR) is 132 cm³/mol. The van der Waals surface area contributed by atoms with Crippen LogP contribution in [0.1, 0.15) is 91.9 Å². The number of carboxylic acids is 1. The third-order valence-corrected chi connectivity index (χ3v) is 11.4. The maximum Gasteiger partial charge on any atom is 0.328 e. The number of carbonyl (C=O) groups excluding carboxylic acids is 1. The summed E-state index contributed by atoms with van der Waals surface area (Å²) in [6.45, 7) is 8.26. The molecule has 0 saturated heterocycles. The Bertz CT molecular complexity index is 802. The van der Waals surface area contributed by atoms with E-state index >= 15 is 0 Å². The van der Waals surface area contributed by atoms with E-state index in [0.717, 1.165) is 38.5 Å². The monoisotopic (exact) mass is 493 g/mol. The van der Waals surface area contributed by atoms with Crippen molar-refractivity contribution in [2.45, 2.75) is 116 Å². The second-order valence-electron chi connectivity index (χ2n) is 13.0. The van der Waals surface area contributed by atoms with Crippen LogP contribution in [0.5, 0.6) is 0 Å². The van der Waals surface area contributed by atoms with E-state index in [2.05, 4.69) is 26.1 Å². The first-order valence-corrected chi connectivity index (χ1v) is 14.0. The fraction of sp³-hybridized carbons (Fsp3) is 0.929. The number of amides is 1. The van der Waals surface area contributed by atoms with Gasteiger partial charge in [-0.25, -0.2) is 4.79 Å². The molecular formula is C28H47NO6. The highest BCUT2D eigenvalue weighted by Gasteiger charge is 2.63. The summed E-state index contributed by atoms with van der Waals surface area (Å²) in [7, 11) is 0. The Morgan fingerprint density at radius 1 is 1.00 bits per heavy atom. The van der Waals surface area contributed by atoms with E-state index in [1.807, 2.05) is 0 Å². The van der Waals surface area contributed by atoms with Crippen molar-refractivity contribution >= 4 is 11.9 Å². The molecule has 7 nitrogen and oxygen atoms in total. The van der Waals surface area contributed by atoms with Crippen LogP contribution in [-0.4, -0.2) is 56.7 Å². The lowest BCUT2D eigenvalue weighted by Crippen LogP contribution is -2.58. The molecule has 0 aromatic carbocycles. The highest BCUT2D eigenvalue weighted by Crippen LogP contribution is 2.68. The summed E-state index contributed by atoms with van der Waals surface area (Å²) in [6, 6.07) is -1.29. The van der Waals surface area contributed by atoms with Gasteiger partial charge in [0.05, 0.1) is 18.3 Å². The summed E-state index contributed by atoms with van der Waals surface area (Å²) >= 11 is 0. The van der Waals surface area contributed by atoms with Gasteiger partial charge in [-0.3, -0.25) is 4.79 Å². The van der Waals surface area contributed by atoms with Crippen LogP contribution in [0.2, 0.25) is 0 Å². The average molecular weight is 494 g/mol. The number of rotatable bonds is 7. The number of aliphatic hydroxyl groups is 3. The first-order valence-electron chi connectivity index (χ1n) is 14.0. The standard InChI is InChI=1S/C28H47NO6/c1-15(5-10-24(33)29-25(16(2)30)26(34)35)20-8-9-21-19-7-6-17-13-18(31)11-12-27(17,3)22(19)14-23(32)28(20,21)4/h15-23,25,30-32H,5-14H2,1-4H3,(H,29,33)(H,34,35)/t15-,16?,17-,18-,19+,20-,21+,22+,23+,25+,27+,28-/m1/s1. The number of hydrogen-bond acceptors (Lipinski definition) is 5. The maximum absolute atomic E-state index is 12.4. The van der Waals surface area contributed by atoms with Gasteiger partial charge in [-0.2, -0.15) is 0 Å². The molecule has 0 heterocycles. The number of carboxylic acid groups (broad SMARTS) is 1. The van der Waals surface area contributed by atoms with Gasteiger partial charge < -0.3 is 25.7 Å². The Balaban J connectivity index is 1.42. The molecule has 0 aromatic heterocycles. The fourth-order valence-electron chi connectivity index (χ4n) is 9.35. The molecule has 200 valence electrons. The Kier molecular flexibility index (Phi) is 7.63. The molecule has 0 aromatic rings. The van der Waals surface area contributed by atoms with Gasteiger partial charge in [0, 0.05) is 6.42 Å². The van der Waals surface area contributed by atoms with Crippen LogP contribution >= 0.6 is 0 Å². The van der Waals surface area contributed by atoms with Crippen molar-refractivity contribution in [1.29, 1.82) is 0 Å². The van der Waals surface area contributed by atoms with E-state index < -0.39 is 18.1 Å². The second kappa shape index (κ2) is 9.94. The zero-order chi connectivity index (χ0) is 25.7. The Morgan fingerprint density at radius 3 is 2.37 bits per heavy atom. The molecule has 4 rings (SSSR count). The molecule has 0 aliphatic heterocycles. The molecule has 7 heteroatoms. The van der Waals surface area contributed by atoms with Gasteiger partial charge in [0.2, 0.25) is 5.91 Å². The molecular weight excluding hydrogens is 446 g/mol. The smallest absolute Gasteiger partial charge is 0.328 e. The minimum atomic E-state index is -1.29. The zero-order valence-electron chi connectivity index (χ0n) is 21.9. The third kappa shape index (κ3) is 4.66. The predicted octanol–water partition coefficient (Wildman–Crippen LogP) is 3.34. The molecule has 1 amide bonds. The van der Waals surface area contributed by atoms with E-state index in [-0.39, 0.29) is 41.3 Å². The molecule has 0 spiro atoms. The van der Waals surface area contributed by atoms with E-state index in [1.165, 1.54) is 19.8 Å². The fourth-order valence-corrected chi connectivity index (χ4v) is 9.35. The van der Waals surface area contributed by atoms with Crippen molar-refractivity contribution in [1.82, 2.24) is 5.32 Å². The topological polar surface area (TPSA) is 127 Å². The molecule has 0 radical (unpaired) electrons. The number of nitrogens with one attached hydrogen (secondary N) is 1. The van der Waals surface area contributed by atoms with Gasteiger partial charge >= 0.3 is 5.97 Å². The minimum absolute atomic E-state index is 0.155. The number of fused-ring (bicyclic) bond motifs is 5. The van der Waals surface area contributed by atoms with E-state index in [1.54, 1.807) is 0 Å². The molecule has 4 aliphatic carbocycles. The van der Waals surface area contributed by atoms with Crippen molar-refractivity contribution < 1.29 is 30.0 Å². The van der Waals surface area contributed by atoms with E-state index in [9.17, 15) is 30.0 Å². The molecule has 4 fully saturated rings. The summed E-state index contributed by atoms with van der Waals surface area (Å²) in [4.78, 5) is 23.7. The van der Waals surface area contributed by atoms with Crippen LogP contribution in [0.15, 0.2) is 0 Å². The average Bonchev–Trinajstić information content (AvgIpc) is 3.15. The summed E-state index contributed by atoms with van der Waals surface area (Å²) in [5.41, 5.74) is 0.0639. The van der Waals surface area contributed by atoms with Crippen molar-refractivity contribution in [3.8, 4) is 0 Å². The maximum atomic E-state index is 12.4. The summed E-state index contributed by atoms with van der Waals surface area (Å²) < 4.78 is 0. The van der Waals surface area contributed by atoms with Crippen LogP contribution in [-0.2, 0) is 9.59 Å².